The van der Waals surface area contributed by atoms with Crippen molar-refractivity contribution in [1.82, 2.24) is 15.5 Å². The number of carbonyl (C=O) groups is 1. The van der Waals surface area contributed by atoms with E-state index in [0.29, 0.717) is 12.5 Å². The molecule has 0 aliphatic carbocycles. The Hall–Kier alpha value is -2.12. The van der Waals surface area contributed by atoms with E-state index in [9.17, 15) is 14.9 Å². The molecule has 0 radical (unpaired) electrons. The quantitative estimate of drug-likeness (QED) is 0.464. The number of rotatable bonds is 1. The van der Waals surface area contributed by atoms with Crippen LogP contribution in [0.1, 0.15) is 10.4 Å². The van der Waals surface area contributed by atoms with Crippen LogP contribution in [0, 0.1) is 10.1 Å². The maximum absolute atomic E-state index is 11.3. The average Bonchev–Trinajstić information content (AvgIpc) is 2.56. The van der Waals surface area contributed by atoms with Gasteiger partial charge in [0.2, 0.25) is 0 Å². The number of nitro groups is 1. The Morgan fingerprint density at radius 2 is 2.36 bits per heavy atom. The van der Waals surface area contributed by atoms with E-state index >= 15 is 0 Å². The number of anilines is 1. The summed E-state index contributed by atoms with van der Waals surface area (Å²) in [6.45, 7) is 0.299. The first-order chi connectivity index (χ1) is 6.61. The molecule has 8 nitrogen and oxygen atoms in total. The van der Waals surface area contributed by atoms with Crippen molar-refractivity contribution in [3.8, 4) is 0 Å². The molecule has 1 aliphatic rings. The van der Waals surface area contributed by atoms with Crippen molar-refractivity contribution in [1.29, 1.82) is 0 Å². The lowest BCUT2D eigenvalue weighted by Gasteiger charge is -2.21. The molecule has 1 aromatic rings. The summed E-state index contributed by atoms with van der Waals surface area (Å²) in [5.41, 5.74) is -0.0104. The SMILES string of the molecule is CN1CNC(=O)c2c1n[nH]c2[N+](=O)[O-]. The number of hydrogen-bond acceptors (Lipinski definition) is 5. The molecule has 1 aromatic heterocycles. The lowest BCUT2D eigenvalue weighted by atomic mass is 10.2. The maximum Gasteiger partial charge on any atom is 0.357 e. The van der Waals surface area contributed by atoms with Gasteiger partial charge in [0, 0.05) is 7.05 Å². The number of nitrogens with zero attached hydrogens (tertiary/aromatic N) is 3. The normalized spacial score (nSPS) is 14.9. The van der Waals surface area contributed by atoms with Gasteiger partial charge < -0.3 is 20.3 Å². The van der Waals surface area contributed by atoms with E-state index < -0.39 is 10.8 Å². The molecular formula is C6H7N5O3. The second-order valence-corrected chi connectivity index (χ2v) is 2.89. The number of fused-ring (bicyclic) bond motifs is 1. The predicted molar refractivity (Wildman–Crippen MR) is 46.0 cm³/mol. The fraction of sp³-hybridized carbons (Fsp3) is 0.333. The molecule has 74 valence electrons. The van der Waals surface area contributed by atoms with Gasteiger partial charge in [-0.05, 0) is 4.92 Å². The number of nitrogens with one attached hydrogen (secondary N) is 2. The van der Waals surface area contributed by atoms with Gasteiger partial charge in [-0.1, -0.05) is 5.10 Å². The number of H-pyrrole nitrogens is 1. The molecule has 1 aliphatic heterocycles. The highest BCUT2D eigenvalue weighted by molar-refractivity contribution is 6.03. The highest BCUT2D eigenvalue weighted by atomic mass is 16.6. The number of amides is 1. The molecule has 0 bridgehead atoms. The largest absolute Gasteiger partial charge is 0.358 e. The molecule has 0 saturated heterocycles. The number of carbonyl (C=O) groups excluding carboxylic acids is 1. The van der Waals surface area contributed by atoms with Gasteiger partial charge in [-0.3, -0.25) is 4.79 Å². The standard InChI is InChI=1S/C6H7N5O3/c1-10-2-7-6(12)3-4(10)8-9-5(3)11(13)14/h2H2,1H3,(H,7,12)(H,8,9). The third-order valence-corrected chi connectivity index (χ3v) is 1.98. The smallest absolute Gasteiger partial charge is 0.357 e. The van der Waals surface area contributed by atoms with Crippen molar-refractivity contribution in [3.05, 3.63) is 15.7 Å². The molecule has 0 atom stereocenters. The zero-order chi connectivity index (χ0) is 10.3. The minimum Gasteiger partial charge on any atom is -0.358 e. The van der Waals surface area contributed by atoms with Crippen LogP contribution in [0.3, 0.4) is 0 Å². The fourth-order valence-electron chi connectivity index (χ4n) is 1.29. The monoisotopic (exact) mass is 197 g/mol. The van der Waals surface area contributed by atoms with Crippen LogP contribution in [0.5, 0.6) is 0 Å². The summed E-state index contributed by atoms with van der Waals surface area (Å²) in [6.07, 6.45) is 0. The summed E-state index contributed by atoms with van der Waals surface area (Å²) in [7, 11) is 1.68. The number of aromatic amines is 1. The first kappa shape index (κ1) is 8.48. The maximum atomic E-state index is 11.3. The Kier molecular flexibility index (Phi) is 1.63. The van der Waals surface area contributed by atoms with Gasteiger partial charge in [-0.15, -0.1) is 5.10 Å². The summed E-state index contributed by atoms with van der Waals surface area (Å²) >= 11 is 0. The van der Waals surface area contributed by atoms with Crippen LogP contribution in [-0.2, 0) is 0 Å². The van der Waals surface area contributed by atoms with E-state index in [1.54, 1.807) is 11.9 Å². The minimum absolute atomic E-state index is 0.0104. The van der Waals surface area contributed by atoms with E-state index in [4.69, 9.17) is 0 Å². The van der Waals surface area contributed by atoms with E-state index in [1.807, 2.05) is 0 Å². The highest BCUT2D eigenvalue weighted by Gasteiger charge is 2.33. The summed E-state index contributed by atoms with van der Waals surface area (Å²) in [6, 6.07) is 0. The second-order valence-electron chi connectivity index (χ2n) is 2.89. The Labute approximate surface area is 78.0 Å². The van der Waals surface area contributed by atoms with Gasteiger partial charge in [0.1, 0.15) is 0 Å². The first-order valence-electron chi connectivity index (χ1n) is 3.83. The number of hydrogen-bond donors (Lipinski definition) is 2. The molecule has 0 aromatic carbocycles. The van der Waals surface area contributed by atoms with E-state index in [2.05, 4.69) is 15.5 Å². The van der Waals surface area contributed by atoms with Crippen molar-refractivity contribution in [2.24, 2.45) is 0 Å². The van der Waals surface area contributed by atoms with Gasteiger partial charge in [0.25, 0.3) is 5.91 Å². The van der Waals surface area contributed by atoms with E-state index in [-0.39, 0.29) is 11.4 Å². The molecule has 0 spiro atoms. The van der Waals surface area contributed by atoms with Crippen molar-refractivity contribution in [3.63, 3.8) is 0 Å². The van der Waals surface area contributed by atoms with Crippen LogP contribution in [0.15, 0.2) is 0 Å². The van der Waals surface area contributed by atoms with Crippen molar-refractivity contribution in [2.45, 2.75) is 0 Å². The van der Waals surface area contributed by atoms with Gasteiger partial charge in [0.15, 0.2) is 11.4 Å². The summed E-state index contributed by atoms with van der Waals surface area (Å²) < 4.78 is 0. The molecule has 2 rings (SSSR count). The van der Waals surface area contributed by atoms with E-state index in [0.717, 1.165) is 0 Å². The molecule has 8 heteroatoms. The van der Waals surface area contributed by atoms with Gasteiger partial charge in [-0.25, -0.2) is 0 Å². The molecule has 0 fully saturated rings. The summed E-state index contributed by atoms with van der Waals surface area (Å²) in [5, 5.41) is 18.9. The minimum atomic E-state index is -0.662. The Morgan fingerprint density at radius 1 is 1.64 bits per heavy atom. The van der Waals surface area contributed by atoms with Crippen LogP contribution in [0.2, 0.25) is 0 Å². The summed E-state index contributed by atoms with van der Waals surface area (Å²) in [4.78, 5) is 22.8. The average molecular weight is 197 g/mol. The summed E-state index contributed by atoms with van der Waals surface area (Å²) in [5.74, 6) is -0.539. The zero-order valence-electron chi connectivity index (χ0n) is 7.27. The lowest BCUT2D eigenvalue weighted by Crippen LogP contribution is -2.41. The molecule has 0 unspecified atom stereocenters. The molecule has 1 amide bonds. The molecule has 2 N–H and O–H groups in total. The number of aromatic nitrogens is 2. The van der Waals surface area contributed by atoms with Gasteiger partial charge >= 0.3 is 5.82 Å². The molecular weight excluding hydrogens is 190 g/mol. The van der Waals surface area contributed by atoms with Crippen LogP contribution in [-0.4, -0.2) is 34.7 Å². The topological polar surface area (TPSA) is 104 Å². The van der Waals surface area contributed by atoms with Gasteiger partial charge in [0.05, 0.1) is 6.67 Å². The Morgan fingerprint density at radius 3 is 3.00 bits per heavy atom. The van der Waals surface area contributed by atoms with Crippen LogP contribution >= 0.6 is 0 Å². The Balaban J connectivity index is 2.59. The van der Waals surface area contributed by atoms with E-state index in [1.165, 1.54) is 0 Å². The third-order valence-electron chi connectivity index (χ3n) is 1.98. The lowest BCUT2D eigenvalue weighted by molar-refractivity contribution is -0.389. The van der Waals surface area contributed by atoms with Crippen LogP contribution in [0.4, 0.5) is 11.6 Å². The first-order valence-corrected chi connectivity index (χ1v) is 3.83. The highest BCUT2D eigenvalue weighted by Crippen LogP contribution is 2.27. The zero-order valence-corrected chi connectivity index (χ0v) is 7.27. The molecule has 0 saturated carbocycles. The van der Waals surface area contributed by atoms with Crippen molar-refractivity contribution in [2.75, 3.05) is 18.6 Å². The van der Waals surface area contributed by atoms with Crippen molar-refractivity contribution < 1.29 is 9.72 Å². The fourth-order valence-corrected chi connectivity index (χ4v) is 1.29. The van der Waals surface area contributed by atoms with Crippen LogP contribution < -0.4 is 10.2 Å². The van der Waals surface area contributed by atoms with Gasteiger partial charge in [-0.2, -0.15) is 0 Å². The predicted octanol–water partition coefficient (Wildman–Crippen LogP) is -0.545. The molecule has 2 heterocycles. The van der Waals surface area contributed by atoms with Crippen molar-refractivity contribution >= 4 is 17.5 Å². The van der Waals surface area contributed by atoms with Crippen LogP contribution in [0.25, 0.3) is 0 Å². The third kappa shape index (κ3) is 1.00. The molecule has 14 heavy (non-hydrogen) atoms. The second kappa shape index (κ2) is 2.69. The Bertz CT molecular complexity index is 412.